The van der Waals surface area contributed by atoms with Gasteiger partial charge in [-0.2, -0.15) is 4.98 Å². The van der Waals surface area contributed by atoms with E-state index in [1.54, 1.807) is 0 Å². The number of halogens is 2. The summed E-state index contributed by atoms with van der Waals surface area (Å²) in [4.78, 5) is 8.10. The minimum Gasteiger partial charge on any atom is -0.437 e. The highest BCUT2D eigenvalue weighted by Gasteiger charge is 2.07. The third-order valence-electron chi connectivity index (χ3n) is 2.07. The van der Waals surface area contributed by atoms with E-state index < -0.39 is 0 Å². The molecule has 4 nitrogen and oxygen atoms in total. The van der Waals surface area contributed by atoms with Crippen LogP contribution in [0, 0.1) is 5.82 Å². The fourth-order valence-corrected chi connectivity index (χ4v) is 1.41. The highest BCUT2D eigenvalue weighted by atomic mass is 35.5. The van der Waals surface area contributed by atoms with Crippen LogP contribution in [-0.2, 0) is 0 Å². The molecule has 18 heavy (non-hydrogen) atoms. The van der Waals surface area contributed by atoms with Gasteiger partial charge in [0.15, 0.2) is 0 Å². The van der Waals surface area contributed by atoms with Crippen LogP contribution in [0.4, 0.5) is 10.3 Å². The van der Waals surface area contributed by atoms with Gasteiger partial charge >= 0.3 is 0 Å². The van der Waals surface area contributed by atoms with Crippen LogP contribution in [-0.4, -0.2) is 16.5 Å². The van der Waals surface area contributed by atoms with E-state index in [0.29, 0.717) is 23.3 Å². The van der Waals surface area contributed by atoms with E-state index in [0.717, 1.165) is 0 Å². The van der Waals surface area contributed by atoms with E-state index >= 15 is 0 Å². The predicted molar refractivity (Wildman–Crippen MR) is 67.7 cm³/mol. The van der Waals surface area contributed by atoms with E-state index in [1.165, 1.54) is 30.5 Å². The number of aromatic nitrogens is 2. The van der Waals surface area contributed by atoms with Crippen LogP contribution in [0.3, 0.4) is 0 Å². The maximum atomic E-state index is 12.8. The van der Waals surface area contributed by atoms with Gasteiger partial charge in [0, 0.05) is 6.54 Å². The zero-order chi connectivity index (χ0) is 13.0. The number of anilines is 1. The Kier molecular flexibility index (Phi) is 3.94. The molecule has 1 heterocycles. The number of benzene rings is 1. The molecular formula is C12H11ClFN3O. The summed E-state index contributed by atoms with van der Waals surface area (Å²) in [5.74, 6) is 0.789. The molecule has 0 aliphatic heterocycles. The molecule has 0 radical (unpaired) electrons. The predicted octanol–water partition coefficient (Wildman–Crippen LogP) is 3.49. The molecule has 1 N–H and O–H groups in total. The molecule has 0 saturated heterocycles. The topological polar surface area (TPSA) is 47.0 Å². The van der Waals surface area contributed by atoms with Gasteiger partial charge in [0.2, 0.25) is 11.8 Å². The van der Waals surface area contributed by atoms with E-state index in [4.69, 9.17) is 16.3 Å². The number of nitrogens with one attached hydrogen (secondary N) is 1. The highest BCUT2D eigenvalue weighted by molar-refractivity contribution is 6.31. The van der Waals surface area contributed by atoms with Crippen LogP contribution in [0.1, 0.15) is 6.92 Å². The van der Waals surface area contributed by atoms with Crippen LogP contribution in [0.2, 0.25) is 5.02 Å². The second-order valence-electron chi connectivity index (χ2n) is 3.43. The van der Waals surface area contributed by atoms with Crippen molar-refractivity contribution in [3.8, 4) is 11.6 Å². The van der Waals surface area contributed by atoms with Gasteiger partial charge in [-0.3, -0.25) is 0 Å². The van der Waals surface area contributed by atoms with Gasteiger partial charge in [0.1, 0.15) is 16.6 Å². The number of ether oxygens (including phenoxy) is 1. The normalized spacial score (nSPS) is 10.2. The highest BCUT2D eigenvalue weighted by Crippen LogP contribution is 2.27. The Labute approximate surface area is 109 Å². The first-order valence-corrected chi connectivity index (χ1v) is 5.76. The van der Waals surface area contributed by atoms with Crippen molar-refractivity contribution in [3.63, 3.8) is 0 Å². The zero-order valence-corrected chi connectivity index (χ0v) is 10.4. The fourth-order valence-electron chi connectivity index (χ4n) is 1.28. The Morgan fingerprint density at radius 2 is 2.06 bits per heavy atom. The molecule has 94 valence electrons. The molecule has 1 aromatic carbocycles. The van der Waals surface area contributed by atoms with Crippen LogP contribution in [0.25, 0.3) is 0 Å². The van der Waals surface area contributed by atoms with Gasteiger partial charge in [-0.15, -0.1) is 0 Å². The summed E-state index contributed by atoms with van der Waals surface area (Å²) in [6.07, 6.45) is 1.45. The lowest BCUT2D eigenvalue weighted by Gasteiger charge is -2.08. The second kappa shape index (κ2) is 5.64. The maximum absolute atomic E-state index is 12.8. The van der Waals surface area contributed by atoms with E-state index in [-0.39, 0.29) is 11.7 Å². The lowest BCUT2D eigenvalue weighted by molar-refractivity contribution is 0.461. The van der Waals surface area contributed by atoms with E-state index in [1.807, 2.05) is 6.92 Å². The molecule has 0 aliphatic carbocycles. The SMILES string of the molecule is CCNc1ncc(Cl)c(Oc2ccc(F)cc2)n1. The molecule has 6 heteroatoms. The lowest BCUT2D eigenvalue weighted by Crippen LogP contribution is -2.02. The first-order valence-electron chi connectivity index (χ1n) is 5.39. The van der Waals surface area contributed by atoms with Crippen molar-refractivity contribution in [2.75, 3.05) is 11.9 Å². The molecule has 2 rings (SSSR count). The third-order valence-corrected chi connectivity index (χ3v) is 2.33. The molecular weight excluding hydrogens is 257 g/mol. The van der Waals surface area contributed by atoms with Crippen molar-refractivity contribution in [3.05, 3.63) is 41.3 Å². The number of rotatable bonds is 4. The molecule has 1 aromatic heterocycles. The van der Waals surface area contributed by atoms with Crippen molar-refractivity contribution < 1.29 is 9.13 Å². The summed E-state index contributed by atoms with van der Waals surface area (Å²) in [6, 6.07) is 5.60. The Bertz CT molecular complexity index is 533. The molecule has 0 saturated carbocycles. The lowest BCUT2D eigenvalue weighted by atomic mass is 10.3. The largest absolute Gasteiger partial charge is 0.437 e. The van der Waals surface area contributed by atoms with Crippen molar-refractivity contribution >= 4 is 17.5 Å². The molecule has 0 amide bonds. The Morgan fingerprint density at radius 1 is 1.33 bits per heavy atom. The minimum absolute atomic E-state index is 0.231. The van der Waals surface area contributed by atoms with Crippen molar-refractivity contribution in [2.45, 2.75) is 6.92 Å². The van der Waals surface area contributed by atoms with Gasteiger partial charge in [0.05, 0.1) is 6.20 Å². The summed E-state index contributed by atoms with van der Waals surface area (Å²) in [7, 11) is 0. The Balaban J connectivity index is 2.22. The van der Waals surface area contributed by atoms with Crippen LogP contribution in [0.15, 0.2) is 30.5 Å². The summed E-state index contributed by atoms with van der Waals surface area (Å²) in [6.45, 7) is 2.62. The van der Waals surface area contributed by atoms with Crippen LogP contribution < -0.4 is 10.1 Å². The molecule has 0 atom stereocenters. The van der Waals surface area contributed by atoms with E-state index in [2.05, 4.69) is 15.3 Å². The maximum Gasteiger partial charge on any atom is 0.243 e. The summed E-state index contributed by atoms with van der Waals surface area (Å²) >= 11 is 5.93. The fraction of sp³-hybridized carbons (Fsp3) is 0.167. The molecule has 0 unspecified atom stereocenters. The van der Waals surface area contributed by atoms with Crippen molar-refractivity contribution in [1.29, 1.82) is 0 Å². The minimum atomic E-state index is -0.329. The Hall–Kier alpha value is -1.88. The first kappa shape index (κ1) is 12.6. The smallest absolute Gasteiger partial charge is 0.243 e. The third kappa shape index (κ3) is 3.07. The van der Waals surface area contributed by atoms with Crippen molar-refractivity contribution in [1.82, 2.24) is 9.97 Å². The van der Waals surface area contributed by atoms with Crippen LogP contribution in [0.5, 0.6) is 11.6 Å². The van der Waals surface area contributed by atoms with Gasteiger partial charge < -0.3 is 10.1 Å². The molecule has 2 aromatic rings. The Morgan fingerprint density at radius 3 is 2.72 bits per heavy atom. The van der Waals surface area contributed by atoms with Gasteiger partial charge in [-0.25, -0.2) is 9.37 Å². The molecule has 0 bridgehead atoms. The van der Waals surface area contributed by atoms with Gasteiger partial charge in [-0.1, -0.05) is 11.6 Å². The monoisotopic (exact) mass is 267 g/mol. The standard InChI is InChI=1S/C12H11ClFN3O/c1-2-15-12-16-7-10(13)11(17-12)18-9-5-3-8(14)4-6-9/h3-7H,2H2,1H3,(H,15,16,17). The number of hydrogen-bond donors (Lipinski definition) is 1. The zero-order valence-electron chi connectivity index (χ0n) is 9.65. The van der Waals surface area contributed by atoms with Crippen molar-refractivity contribution in [2.24, 2.45) is 0 Å². The quantitative estimate of drug-likeness (QED) is 0.921. The summed E-state index contributed by atoms with van der Waals surface area (Å²) < 4.78 is 18.2. The average molecular weight is 268 g/mol. The molecule has 0 fully saturated rings. The number of hydrogen-bond acceptors (Lipinski definition) is 4. The second-order valence-corrected chi connectivity index (χ2v) is 3.84. The first-order chi connectivity index (χ1) is 8.69. The summed E-state index contributed by atoms with van der Waals surface area (Å²) in [5, 5.41) is 3.24. The number of nitrogens with zero attached hydrogens (tertiary/aromatic N) is 2. The van der Waals surface area contributed by atoms with Gasteiger partial charge in [0.25, 0.3) is 0 Å². The average Bonchev–Trinajstić information content (AvgIpc) is 2.36. The summed E-state index contributed by atoms with van der Waals surface area (Å²) in [5.41, 5.74) is 0. The van der Waals surface area contributed by atoms with Crippen LogP contribution >= 0.6 is 11.6 Å². The molecule has 0 aliphatic rings. The molecule has 0 spiro atoms. The van der Waals surface area contributed by atoms with E-state index in [9.17, 15) is 4.39 Å². The van der Waals surface area contributed by atoms with Gasteiger partial charge in [-0.05, 0) is 31.2 Å².